The van der Waals surface area contributed by atoms with Crippen molar-refractivity contribution in [2.24, 2.45) is 5.92 Å². The number of aromatic nitrogens is 1. The van der Waals surface area contributed by atoms with Gasteiger partial charge in [0, 0.05) is 22.2 Å². The molecule has 0 spiro atoms. The Labute approximate surface area is 174 Å². The number of aryl methyl sites for hydroxylation is 4. The molecular weight excluding hydrogens is 356 g/mol. The van der Waals surface area contributed by atoms with Crippen LogP contribution in [0.1, 0.15) is 48.7 Å². The van der Waals surface area contributed by atoms with Crippen molar-refractivity contribution in [3.8, 4) is 11.1 Å². The first-order chi connectivity index (χ1) is 13.8. The van der Waals surface area contributed by atoms with Crippen LogP contribution in [0, 0.1) is 33.6 Å². The summed E-state index contributed by atoms with van der Waals surface area (Å²) < 4.78 is 0. The normalized spacial score (nSPS) is 12.1. The van der Waals surface area contributed by atoms with E-state index in [1.165, 1.54) is 27.8 Å². The van der Waals surface area contributed by atoms with Crippen molar-refractivity contribution in [2.45, 2.75) is 48.5 Å². The highest BCUT2D eigenvalue weighted by Gasteiger charge is 2.20. The summed E-state index contributed by atoms with van der Waals surface area (Å²) in [6.07, 6.45) is 2.09. The molecular formula is C26H32N2O. The lowest BCUT2D eigenvalue weighted by atomic mass is 9.87. The van der Waals surface area contributed by atoms with Crippen molar-refractivity contribution < 1.29 is 4.84 Å². The number of pyridine rings is 1. The Bertz CT molecular complexity index is 1040. The molecule has 0 aliphatic heterocycles. The van der Waals surface area contributed by atoms with E-state index in [-0.39, 0.29) is 0 Å². The van der Waals surface area contributed by atoms with Crippen molar-refractivity contribution in [3.05, 3.63) is 70.4 Å². The molecule has 1 heterocycles. The molecule has 1 aromatic heterocycles. The zero-order valence-corrected chi connectivity index (χ0v) is 18.7. The highest BCUT2D eigenvalue weighted by molar-refractivity contribution is 5.99. The number of para-hydroxylation sites is 1. The maximum atomic E-state index is 5.82. The maximum Gasteiger partial charge on any atom is 0.0768 e. The molecule has 0 saturated heterocycles. The average molecular weight is 389 g/mol. The highest BCUT2D eigenvalue weighted by Crippen LogP contribution is 2.39. The molecule has 3 nitrogen and oxygen atoms in total. The first-order valence-electron chi connectivity index (χ1n) is 10.4. The van der Waals surface area contributed by atoms with Crippen LogP contribution in [0.15, 0.2) is 42.5 Å². The van der Waals surface area contributed by atoms with Crippen LogP contribution >= 0.6 is 0 Å². The zero-order chi connectivity index (χ0) is 21.1. The zero-order valence-electron chi connectivity index (χ0n) is 18.7. The lowest BCUT2D eigenvalue weighted by molar-refractivity contribution is 0.0580. The fraction of sp³-hybridized carbons (Fsp3) is 0.346. The summed E-state index contributed by atoms with van der Waals surface area (Å²) in [6.45, 7) is 15.6. The number of hydrogen-bond acceptors (Lipinski definition) is 3. The smallest absolute Gasteiger partial charge is 0.0768 e. The average Bonchev–Trinajstić information content (AvgIpc) is 2.65. The minimum Gasteiger partial charge on any atom is -0.276 e. The van der Waals surface area contributed by atoms with Gasteiger partial charge in [0.05, 0.1) is 17.8 Å². The van der Waals surface area contributed by atoms with Crippen LogP contribution in [0.4, 0.5) is 0 Å². The van der Waals surface area contributed by atoms with E-state index in [9.17, 15) is 0 Å². The number of hydrogen-bond donors (Lipinski definition) is 1. The lowest BCUT2D eigenvalue weighted by Gasteiger charge is -2.22. The number of nitrogens with zero attached hydrogens (tertiary/aromatic N) is 1. The number of allylic oxidation sites excluding steroid dienone is 1. The van der Waals surface area contributed by atoms with Gasteiger partial charge in [0.25, 0.3) is 0 Å². The summed E-state index contributed by atoms with van der Waals surface area (Å²) in [6, 6.07) is 12.8. The standard InChI is InChI=1S/C26H32N2O/c1-8-22(28-29-15-16(2)3)26-21-11-9-10-12-23(21)27-20(7)25(26)24-18(5)13-17(4)14-19(24)6/h8-14,16,28H,15H2,1-7H3. The molecule has 3 rings (SSSR count). The minimum atomic E-state index is 0.456. The second-order valence-electron chi connectivity index (χ2n) is 8.25. The van der Waals surface area contributed by atoms with Crippen molar-refractivity contribution in [1.29, 1.82) is 0 Å². The van der Waals surface area contributed by atoms with E-state index in [0.29, 0.717) is 12.5 Å². The Balaban J connectivity index is 2.31. The molecule has 0 aliphatic carbocycles. The second kappa shape index (κ2) is 8.79. The van der Waals surface area contributed by atoms with Gasteiger partial charge in [0.1, 0.15) is 0 Å². The molecule has 152 valence electrons. The third-order valence-corrected chi connectivity index (χ3v) is 5.16. The summed E-state index contributed by atoms with van der Waals surface area (Å²) in [5, 5.41) is 1.13. The molecule has 0 saturated carbocycles. The van der Waals surface area contributed by atoms with Gasteiger partial charge in [-0.05, 0) is 63.3 Å². The van der Waals surface area contributed by atoms with Crippen LogP contribution in [0.25, 0.3) is 27.7 Å². The van der Waals surface area contributed by atoms with Crippen LogP contribution in [-0.2, 0) is 4.84 Å². The van der Waals surface area contributed by atoms with Crippen LogP contribution < -0.4 is 5.48 Å². The molecule has 0 atom stereocenters. The fourth-order valence-electron chi connectivity index (χ4n) is 4.04. The van der Waals surface area contributed by atoms with Crippen molar-refractivity contribution >= 4 is 16.6 Å². The molecule has 1 N–H and O–H groups in total. The molecule has 3 heteroatoms. The largest absolute Gasteiger partial charge is 0.276 e. The second-order valence-corrected chi connectivity index (χ2v) is 8.25. The van der Waals surface area contributed by atoms with Gasteiger partial charge in [-0.25, -0.2) is 0 Å². The predicted octanol–water partition coefficient (Wildman–Crippen LogP) is 6.67. The quantitative estimate of drug-likeness (QED) is 0.479. The van der Waals surface area contributed by atoms with Gasteiger partial charge in [0.15, 0.2) is 0 Å². The molecule has 0 amide bonds. The molecule has 0 aliphatic rings. The first kappa shape index (κ1) is 21.1. The van der Waals surface area contributed by atoms with Crippen LogP contribution in [0.3, 0.4) is 0 Å². The highest BCUT2D eigenvalue weighted by atomic mass is 16.6. The number of hydroxylamine groups is 1. The van der Waals surface area contributed by atoms with E-state index < -0.39 is 0 Å². The summed E-state index contributed by atoms with van der Waals surface area (Å²) in [5.74, 6) is 0.456. The van der Waals surface area contributed by atoms with Crippen LogP contribution in [-0.4, -0.2) is 11.6 Å². The fourth-order valence-corrected chi connectivity index (χ4v) is 4.04. The molecule has 0 unspecified atom stereocenters. The summed E-state index contributed by atoms with van der Waals surface area (Å²) in [7, 11) is 0. The van der Waals surface area contributed by atoms with Crippen molar-refractivity contribution in [1.82, 2.24) is 10.5 Å². The number of rotatable bonds is 6. The molecule has 0 fully saturated rings. The Kier molecular flexibility index (Phi) is 6.39. The summed E-state index contributed by atoms with van der Waals surface area (Å²) in [5.41, 5.74) is 13.6. The van der Waals surface area contributed by atoms with Crippen LogP contribution in [0.5, 0.6) is 0 Å². The van der Waals surface area contributed by atoms with Gasteiger partial charge >= 0.3 is 0 Å². The van der Waals surface area contributed by atoms with E-state index in [4.69, 9.17) is 9.82 Å². The van der Waals surface area contributed by atoms with Gasteiger partial charge < -0.3 is 0 Å². The lowest BCUT2D eigenvalue weighted by Crippen LogP contribution is -2.18. The first-order valence-corrected chi connectivity index (χ1v) is 10.4. The van der Waals surface area contributed by atoms with Crippen LogP contribution in [0.2, 0.25) is 0 Å². The third kappa shape index (κ3) is 4.35. The maximum absolute atomic E-state index is 5.82. The van der Waals surface area contributed by atoms with Gasteiger partial charge in [-0.1, -0.05) is 55.8 Å². The van der Waals surface area contributed by atoms with E-state index in [2.05, 4.69) is 83.4 Å². The van der Waals surface area contributed by atoms with E-state index >= 15 is 0 Å². The Hall–Kier alpha value is -2.65. The number of nitrogens with one attached hydrogen (secondary N) is 1. The van der Waals surface area contributed by atoms with E-state index in [1.807, 2.05) is 13.0 Å². The Morgan fingerprint density at radius 1 is 1.03 bits per heavy atom. The third-order valence-electron chi connectivity index (χ3n) is 5.16. The van der Waals surface area contributed by atoms with Gasteiger partial charge in [-0.15, -0.1) is 0 Å². The van der Waals surface area contributed by atoms with E-state index in [1.54, 1.807) is 0 Å². The molecule has 0 bridgehead atoms. The predicted molar refractivity (Wildman–Crippen MR) is 124 cm³/mol. The monoisotopic (exact) mass is 388 g/mol. The topological polar surface area (TPSA) is 34.1 Å². The summed E-state index contributed by atoms with van der Waals surface area (Å²) in [4.78, 5) is 10.8. The Morgan fingerprint density at radius 3 is 2.31 bits per heavy atom. The van der Waals surface area contributed by atoms with Gasteiger partial charge in [0.2, 0.25) is 0 Å². The SMILES string of the molecule is CC=C(NOCC(C)C)c1c(-c2c(C)cc(C)cc2C)c(C)nc2ccccc12. The molecule has 2 aromatic carbocycles. The van der Waals surface area contributed by atoms with Crippen molar-refractivity contribution in [3.63, 3.8) is 0 Å². The van der Waals surface area contributed by atoms with Gasteiger partial charge in [-0.3, -0.25) is 15.3 Å². The van der Waals surface area contributed by atoms with E-state index in [0.717, 1.165) is 27.9 Å². The van der Waals surface area contributed by atoms with Crippen molar-refractivity contribution in [2.75, 3.05) is 6.61 Å². The number of benzene rings is 2. The Morgan fingerprint density at radius 2 is 1.69 bits per heavy atom. The minimum absolute atomic E-state index is 0.456. The van der Waals surface area contributed by atoms with Gasteiger partial charge in [-0.2, -0.15) is 0 Å². The number of fused-ring (bicyclic) bond motifs is 1. The molecule has 29 heavy (non-hydrogen) atoms. The molecule has 0 radical (unpaired) electrons. The summed E-state index contributed by atoms with van der Waals surface area (Å²) >= 11 is 0. The molecule has 3 aromatic rings.